The van der Waals surface area contributed by atoms with Crippen molar-refractivity contribution >= 4 is 10.9 Å². The number of hydrogen-bond donors (Lipinski definition) is 0. The lowest BCUT2D eigenvalue weighted by Gasteiger charge is -2.15. The van der Waals surface area contributed by atoms with Crippen molar-refractivity contribution in [3.8, 4) is 0 Å². The number of fused-ring (bicyclic) bond motifs is 1. The first-order valence-corrected chi connectivity index (χ1v) is 7.13. The summed E-state index contributed by atoms with van der Waals surface area (Å²) < 4.78 is 14.9. The van der Waals surface area contributed by atoms with Crippen LogP contribution < -0.4 is 5.56 Å². The molecule has 0 saturated carbocycles. The number of nitrogens with zero attached hydrogens (tertiary/aromatic N) is 3. The SMILES string of the molecule is Cc1cccc(CC(C)n2cnc3ccc(F)cc3c2=O)n1. The Balaban J connectivity index is 1.99. The summed E-state index contributed by atoms with van der Waals surface area (Å²) in [5.41, 5.74) is 2.13. The van der Waals surface area contributed by atoms with Crippen LogP contribution in [0.3, 0.4) is 0 Å². The van der Waals surface area contributed by atoms with Crippen LogP contribution in [0.2, 0.25) is 0 Å². The minimum absolute atomic E-state index is 0.109. The first kappa shape index (κ1) is 14.4. The molecule has 2 aromatic heterocycles. The van der Waals surface area contributed by atoms with Crippen molar-refractivity contribution in [2.24, 2.45) is 0 Å². The summed E-state index contributed by atoms with van der Waals surface area (Å²) in [7, 11) is 0. The highest BCUT2D eigenvalue weighted by molar-refractivity contribution is 5.77. The van der Waals surface area contributed by atoms with E-state index in [1.807, 2.05) is 32.0 Å². The van der Waals surface area contributed by atoms with E-state index in [0.29, 0.717) is 17.3 Å². The Morgan fingerprint density at radius 3 is 2.86 bits per heavy atom. The predicted molar refractivity (Wildman–Crippen MR) is 83.4 cm³/mol. The van der Waals surface area contributed by atoms with Gasteiger partial charge in [-0.25, -0.2) is 9.37 Å². The molecule has 1 unspecified atom stereocenters. The molecule has 0 amide bonds. The molecular formula is C17H16FN3O. The van der Waals surface area contributed by atoms with Crippen molar-refractivity contribution in [1.29, 1.82) is 0 Å². The van der Waals surface area contributed by atoms with Gasteiger partial charge in [0.25, 0.3) is 5.56 Å². The van der Waals surface area contributed by atoms with Gasteiger partial charge in [-0.1, -0.05) is 6.07 Å². The molecule has 2 heterocycles. The van der Waals surface area contributed by atoms with Crippen molar-refractivity contribution in [1.82, 2.24) is 14.5 Å². The summed E-state index contributed by atoms with van der Waals surface area (Å²) in [5.74, 6) is -0.433. The number of halogens is 1. The summed E-state index contributed by atoms with van der Waals surface area (Å²) in [4.78, 5) is 21.2. The monoisotopic (exact) mass is 297 g/mol. The second-order valence-corrected chi connectivity index (χ2v) is 5.44. The van der Waals surface area contributed by atoms with Gasteiger partial charge in [-0.15, -0.1) is 0 Å². The molecule has 0 aliphatic heterocycles. The fraction of sp³-hybridized carbons (Fsp3) is 0.235. The van der Waals surface area contributed by atoms with E-state index in [4.69, 9.17) is 0 Å². The largest absolute Gasteiger partial charge is 0.295 e. The van der Waals surface area contributed by atoms with Crippen molar-refractivity contribution in [3.05, 3.63) is 70.3 Å². The zero-order chi connectivity index (χ0) is 15.7. The first-order chi connectivity index (χ1) is 10.5. The third kappa shape index (κ3) is 2.74. The van der Waals surface area contributed by atoms with Gasteiger partial charge in [0.15, 0.2) is 0 Å². The molecule has 0 spiro atoms. The van der Waals surface area contributed by atoms with Crippen LogP contribution in [-0.2, 0) is 6.42 Å². The molecule has 3 aromatic rings. The zero-order valence-corrected chi connectivity index (χ0v) is 12.5. The molecule has 112 valence electrons. The minimum Gasteiger partial charge on any atom is -0.295 e. The molecular weight excluding hydrogens is 281 g/mol. The van der Waals surface area contributed by atoms with Gasteiger partial charge in [0, 0.05) is 23.9 Å². The number of hydrogen-bond acceptors (Lipinski definition) is 3. The fourth-order valence-electron chi connectivity index (χ4n) is 2.54. The number of benzene rings is 1. The average Bonchev–Trinajstić information content (AvgIpc) is 2.48. The molecule has 0 radical (unpaired) electrons. The molecule has 4 nitrogen and oxygen atoms in total. The molecule has 1 aromatic carbocycles. The topological polar surface area (TPSA) is 47.8 Å². The van der Waals surface area contributed by atoms with Crippen LogP contribution in [-0.4, -0.2) is 14.5 Å². The molecule has 22 heavy (non-hydrogen) atoms. The Bertz CT molecular complexity index is 888. The summed E-state index contributed by atoms with van der Waals surface area (Å²) in [6.45, 7) is 3.86. The Morgan fingerprint density at radius 1 is 1.27 bits per heavy atom. The maximum Gasteiger partial charge on any atom is 0.261 e. The molecule has 0 aliphatic carbocycles. The van der Waals surface area contributed by atoms with E-state index in [1.165, 1.54) is 29.1 Å². The van der Waals surface area contributed by atoms with E-state index in [-0.39, 0.29) is 11.6 Å². The van der Waals surface area contributed by atoms with E-state index >= 15 is 0 Å². The lowest BCUT2D eigenvalue weighted by molar-refractivity contribution is 0.517. The van der Waals surface area contributed by atoms with Crippen LogP contribution in [0.25, 0.3) is 10.9 Å². The molecule has 1 atom stereocenters. The number of pyridine rings is 1. The number of rotatable bonds is 3. The van der Waals surface area contributed by atoms with Crippen LogP contribution in [0.4, 0.5) is 4.39 Å². The summed E-state index contributed by atoms with van der Waals surface area (Å²) in [5, 5.41) is 0.298. The summed E-state index contributed by atoms with van der Waals surface area (Å²) in [6.07, 6.45) is 2.13. The maximum atomic E-state index is 13.4. The third-order valence-corrected chi connectivity index (χ3v) is 3.67. The van der Waals surface area contributed by atoms with Gasteiger partial charge in [-0.3, -0.25) is 14.3 Å². The standard InChI is InChI=1S/C17H16FN3O/c1-11-4-3-5-14(20-11)8-12(2)21-10-19-16-7-6-13(18)9-15(16)17(21)22/h3-7,9-10,12H,8H2,1-2H3. The van der Waals surface area contributed by atoms with Crippen LogP contribution in [0, 0.1) is 12.7 Å². The molecule has 0 aliphatic rings. The highest BCUT2D eigenvalue weighted by Crippen LogP contribution is 2.14. The van der Waals surface area contributed by atoms with Gasteiger partial charge >= 0.3 is 0 Å². The fourth-order valence-corrected chi connectivity index (χ4v) is 2.54. The van der Waals surface area contributed by atoms with E-state index in [0.717, 1.165) is 11.4 Å². The molecule has 5 heteroatoms. The average molecular weight is 297 g/mol. The van der Waals surface area contributed by atoms with Gasteiger partial charge in [0.05, 0.1) is 17.2 Å². The Hall–Kier alpha value is -2.56. The van der Waals surface area contributed by atoms with E-state index < -0.39 is 5.82 Å². The zero-order valence-electron chi connectivity index (χ0n) is 12.5. The van der Waals surface area contributed by atoms with Crippen LogP contribution in [0.1, 0.15) is 24.4 Å². The van der Waals surface area contributed by atoms with Crippen molar-refractivity contribution in [2.45, 2.75) is 26.3 Å². The molecule has 0 saturated heterocycles. The van der Waals surface area contributed by atoms with Gasteiger partial charge in [0.2, 0.25) is 0 Å². The predicted octanol–water partition coefficient (Wildman–Crippen LogP) is 3.04. The van der Waals surface area contributed by atoms with Gasteiger partial charge in [-0.05, 0) is 44.2 Å². The molecule has 0 fully saturated rings. The quantitative estimate of drug-likeness (QED) is 0.746. The molecule has 0 N–H and O–H groups in total. The molecule has 0 bridgehead atoms. The Kier molecular flexibility index (Phi) is 3.71. The Labute approximate surface area is 127 Å². The van der Waals surface area contributed by atoms with Crippen molar-refractivity contribution in [3.63, 3.8) is 0 Å². The van der Waals surface area contributed by atoms with Gasteiger partial charge in [-0.2, -0.15) is 0 Å². The van der Waals surface area contributed by atoms with E-state index in [2.05, 4.69) is 9.97 Å². The van der Waals surface area contributed by atoms with Crippen LogP contribution in [0.15, 0.2) is 47.5 Å². The highest BCUT2D eigenvalue weighted by atomic mass is 19.1. The summed E-state index contributed by atoms with van der Waals surface area (Å²) >= 11 is 0. The van der Waals surface area contributed by atoms with Crippen LogP contribution >= 0.6 is 0 Å². The summed E-state index contributed by atoms with van der Waals surface area (Å²) in [6, 6.07) is 9.76. The van der Waals surface area contributed by atoms with E-state index in [9.17, 15) is 9.18 Å². The first-order valence-electron chi connectivity index (χ1n) is 7.13. The maximum absolute atomic E-state index is 13.4. The van der Waals surface area contributed by atoms with Crippen LogP contribution in [0.5, 0.6) is 0 Å². The lowest BCUT2D eigenvalue weighted by atomic mass is 10.1. The molecule has 3 rings (SSSR count). The highest BCUT2D eigenvalue weighted by Gasteiger charge is 2.12. The van der Waals surface area contributed by atoms with Crippen molar-refractivity contribution < 1.29 is 4.39 Å². The third-order valence-electron chi connectivity index (χ3n) is 3.67. The smallest absolute Gasteiger partial charge is 0.261 e. The normalized spacial score (nSPS) is 12.5. The van der Waals surface area contributed by atoms with Gasteiger partial charge in [0.1, 0.15) is 5.82 Å². The lowest BCUT2D eigenvalue weighted by Crippen LogP contribution is -2.25. The second-order valence-electron chi connectivity index (χ2n) is 5.44. The van der Waals surface area contributed by atoms with Crippen molar-refractivity contribution in [2.75, 3.05) is 0 Å². The second kappa shape index (κ2) is 5.67. The van der Waals surface area contributed by atoms with E-state index in [1.54, 1.807) is 0 Å². The minimum atomic E-state index is -0.433. The number of aryl methyl sites for hydroxylation is 1. The Morgan fingerprint density at radius 2 is 2.09 bits per heavy atom. The van der Waals surface area contributed by atoms with Gasteiger partial charge < -0.3 is 0 Å². The number of aromatic nitrogens is 3.